The van der Waals surface area contributed by atoms with Gasteiger partial charge in [-0.2, -0.15) is 10.0 Å². The van der Waals surface area contributed by atoms with Gasteiger partial charge in [0.05, 0.1) is 0 Å². The molecule has 7 aromatic rings. The van der Waals surface area contributed by atoms with Crippen LogP contribution in [0, 0.1) is 20.8 Å². The first-order valence-electron chi connectivity index (χ1n) is 16.8. The van der Waals surface area contributed by atoms with Crippen molar-refractivity contribution in [2.75, 3.05) is 12.5 Å². The molecule has 0 spiro atoms. The van der Waals surface area contributed by atoms with E-state index in [1.54, 1.807) is 0 Å². The molecule has 0 amide bonds. The second kappa shape index (κ2) is 15.7. The van der Waals surface area contributed by atoms with Crippen molar-refractivity contribution in [3.8, 4) is 33.4 Å². The van der Waals surface area contributed by atoms with Gasteiger partial charge in [0.2, 0.25) is 0 Å². The van der Waals surface area contributed by atoms with Crippen LogP contribution in [0.3, 0.4) is 0 Å². The smallest absolute Gasteiger partial charge is 0.00494 e. The van der Waals surface area contributed by atoms with Gasteiger partial charge in [-0.15, -0.1) is 0 Å². The summed E-state index contributed by atoms with van der Waals surface area (Å²) in [5.41, 5.74) is 11.8. The Balaban J connectivity index is 0.000000267. The summed E-state index contributed by atoms with van der Waals surface area (Å²) in [6, 6.07) is 63.3. The van der Waals surface area contributed by atoms with Gasteiger partial charge in [-0.05, 0) is 105 Å². The van der Waals surface area contributed by atoms with Crippen molar-refractivity contribution in [2.45, 2.75) is 30.6 Å². The van der Waals surface area contributed by atoms with Crippen LogP contribution in [0.15, 0.2) is 186 Å². The number of hydrogen-bond acceptors (Lipinski definition) is 0. The summed E-state index contributed by atoms with van der Waals surface area (Å²) in [6.45, 7) is 6.67. The number of benzene rings is 7. The topological polar surface area (TPSA) is 0 Å². The maximum Gasteiger partial charge on any atom is 0.00494 e. The molecule has 0 saturated heterocycles. The first-order valence-corrected chi connectivity index (χ1v) is 20.3. The molecule has 7 rings (SSSR count). The molecule has 0 aliphatic heterocycles. The van der Waals surface area contributed by atoms with Crippen molar-refractivity contribution >= 4 is 29.2 Å². The van der Waals surface area contributed by atoms with Crippen LogP contribution < -0.4 is 10.6 Å². The molecule has 1 unspecified atom stereocenters. The fourth-order valence-corrected chi connectivity index (χ4v) is 11.1. The lowest BCUT2D eigenvalue weighted by Gasteiger charge is -2.36. The fraction of sp³-hybridized carbons (Fsp3) is 0.106. The second-order valence-corrected chi connectivity index (χ2v) is 17.8. The average molecular weight is 673 g/mol. The third kappa shape index (κ3) is 8.14. The Bertz CT molecular complexity index is 2120. The molecule has 1 atom stereocenters. The molecule has 0 bridgehead atoms. The van der Waals surface area contributed by atoms with Crippen molar-refractivity contribution < 1.29 is 0 Å². The van der Waals surface area contributed by atoms with E-state index in [4.69, 9.17) is 0 Å². The van der Waals surface area contributed by atoms with Crippen LogP contribution in [0.5, 0.6) is 0 Å². The molecular formula is C47H45PS. The zero-order valence-electron chi connectivity index (χ0n) is 29.2. The summed E-state index contributed by atoms with van der Waals surface area (Å²) < 4.78 is 0. The Labute approximate surface area is 297 Å². The first kappa shape index (κ1) is 34.2. The predicted octanol–water partition coefficient (Wildman–Crippen LogP) is 12.4. The molecule has 7 aromatic carbocycles. The number of aryl methyl sites for hydroxylation is 2. The van der Waals surface area contributed by atoms with Gasteiger partial charge >= 0.3 is 0 Å². The van der Waals surface area contributed by atoms with E-state index in [9.17, 15) is 0 Å². The van der Waals surface area contributed by atoms with Crippen LogP contribution in [0.2, 0.25) is 0 Å². The van der Waals surface area contributed by atoms with Gasteiger partial charge in [0.25, 0.3) is 0 Å². The Morgan fingerprint density at radius 3 is 1.57 bits per heavy atom. The molecule has 0 heterocycles. The highest BCUT2D eigenvalue weighted by molar-refractivity contribution is 8.33. The minimum absolute atomic E-state index is 0.617. The van der Waals surface area contributed by atoms with Crippen LogP contribution in [0.25, 0.3) is 33.4 Å². The summed E-state index contributed by atoms with van der Waals surface area (Å²) in [6.07, 6.45) is 4.91. The van der Waals surface area contributed by atoms with E-state index in [1.165, 1.54) is 70.5 Å². The maximum absolute atomic E-state index is 2.46. The van der Waals surface area contributed by atoms with Crippen LogP contribution in [0.4, 0.5) is 0 Å². The van der Waals surface area contributed by atoms with Crippen LogP contribution in [0.1, 0.15) is 16.7 Å². The van der Waals surface area contributed by atoms with Gasteiger partial charge < -0.3 is 0 Å². The average Bonchev–Trinajstić information content (AvgIpc) is 3.14. The third-order valence-electron chi connectivity index (χ3n) is 9.08. The van der Waals surface area contributed by atoms with Gasteiger partial charge in [0, 0.05) is 4.90 Å². The quantitative estimate of drug-likeness (QED) is 0.148. The third-order valence-corrected chi connectivity index (χ3v) is 13.6. The van der Waals surface area contributed by atoms with E-state index in [0.717, 1.165) is 0 Å². The van der Waals surface area contributed by atoms with Gasteiger partial charge in [-0.1, -0.05) is 178 Å². The van der Waals surface area contributed by atoms with Crippen molar-refractivity contribution in [1.82, 2.24) is 0 Å². The summed E-state index contributed by atoms with van der Waals surface area (Å²) in [7, 11) is -0.591. The molecular weight excluding hydrogens is 628 g/mol. The van der Waals surface area contributed by atoms with Crippen LogP contribution >= 0.6 is 18.6 Å². The van der Waals surface area contributed by atoms with Crippen molar-refractivity contribution in [1.29, 1.82) is 0 Å². The second-order valence-electron chi connectivity index (χ2n) is 12.9. The molecule has 0 aliphatic rings. The van der Waals surface area contributed by atoms with E-state index in [2.05, 4.69) is 203 Å². The number of rotatable bonds is 7. The molecule has 0 fully saturated rings. The van der Waals surface area contributed by atoms with Crippen molar-refractivity contribution in [3.63, 3.8) is 0 Å². The minimum Gasteiger partial charge on any atom is -0.193 e. The Hall–Kier alpha value is -4.68. The fourth-order valence-electron chi connectivity index (χ4n) is 6.48. The van der Waals surface area contributed by atoms with Crippen molar-refractivity contribution in [2.24, 2.45) is 0 Å². The summed E-state index contributed by atoms with van der Waals surface area (Å²) >= 11 is 0. The Morgan fingerprint density at radius 1 is 0.429 bits per heavy atom. The molecule has 0 aromatic heterocycles. The zero-order chi connectivity index (χ0) is 34.2. The van der Waals surface area contributed by atoms with E-state index < -0.39 is 10.0 Å². The normalized spacial score (nSPS) is 11.6. The molecule has 0 aliphatic carbocycles. The lowest BCUT2D eigenvalue weighted by Crippen LogP contribution is -2.15. The van der Waals surface area contributed by atoms with Gasteiger partial charge in [0.15, 0.2) is 0 Å². The molecule has 49 heavy (non-hydrogen) atoms. The first-order chi connectivity index (χ1) is 23.8. The molecule has 0 saturated carbocycles. The zero-order valence-corrected chi connectivity index (χ0v) is 31.0. The standard InChI is InChI=1S/C34H33PS.C13H12/c1-25-13-11-12-18-31(25)32-23-24-33(34(26(32)2)36(3,4)30-16-9-6-10-17-30)35-29-21-19-28(20-22-29)27-14-7-5-8-15-27;1-11-6-5-9-13(10-11)12-7-3-2-4-8-12/h5-24,35H,1-4H3;2-10H,1H3. The highest BCUT2D eigenvalue weighted by atomic mass is 32.3. The van der Waals surface area contributed by atoms with E-state index in [1.807, 2.05) is 6.07 Å². The lowest BCUT2D eigenvalue weighted by atomic mass is 9.97. The molecule has 0 N–H and O–H groups in total. The SMILES string of the molecule is Cc1cccc(-c2ccccc2)c1.Cc1ccccc1-c1ccc(Pc2ccc(-c3ccccc3)cc2)c(S(C)(C)c2ccccc2)c1C. The van der Waals surface area contributed by atoms with Gasteiger partial charge in [0.1, 0.15) is 0 Å². The monoisotopic (exact) mass is 672 g/mol. The van der Waals surface area contributed by atoms with Crippen LogP contribution in [-0.4, -0.2) is 12.5 Å². The molecule has 244 valence electrons. The Kier molecular flexibility index (Phi) is 10.9. The highest BCUT2D eigenvalue weighted by Gasteiger charge is 2.25. The highest BCUT2D eigenvalue weighted by Crippen LogP contribution is 2.58. The maximum atomic E-state index is 2.46. The van der Waals surface area contributed by atoms with E-state index >= 15 is 0 Å². The Morgan fingerprint density at radius 2 is 0.959 bits per heavy atom. The lowest BCUT2D eigenvalue weighted by molar-refractivity contribution is 1.29. The summed E-state index contributed by atoms with van der Waals surface area (Å²) in [5.74, 6) is 0. The summed E-state index contributed by atoms with van der Waals surface area (Å²) in [5, 5.41) is 2.84. The number of hydrogen-bond donors (Lipinski definition) is 0. The molecule has 0 radical (unpaired) electrons. The molecule has 0 nitrogen and oxygen atoms in total. The molecule has 2 heteroatoms. The predicted molar refractivity (Wildman–Crippen MR) is 220 cm³/mol. The van der Waals surface area contributed by atoms with E-state index in [0.29, 0.717) is 8.58 Å². The van der Waals surface area contributed by atoms with Gasteiger partial charge in [-0.25, -0.2) is 0 Å². The van der Waals surface area contributed by atoms with E-state index in [-0.39, 0.29) is 0 Å². The summed E-state index contributed by atoms with van der Waals surface area (Å²) in [4.78, 5) is 2.96. The largest absolute Gasteiger partial charge is 0.193 e. The minimum atomic E-state index is -1.21. The van der Waals surface area contributed by atoms with Crippen molar-refractivity contribution in [3.05, 3.63) is 193 Å². The van der Waals surface area contributed by atoms with Gasteiger partial charge in [-0.3, -0.25) is 0 Å². The van der Waals surface area contributed by atoms with Crippen LogP contribution in [-0.2, 0) is 0 Å².